The highest BCUT2D eigenvalue weighted by molar-refractivity contribution is 7.96. The molecule has 1 aliphatic heterocycles. The molecule has 1 aromatic rings. The molecule has 2 rings (SSSR count). The van der Waals surface area contributed by atoms with Crippen molar-refractivity contribution in [2.45, 2.75) is 30.0 Å². The van der Waals surface area contributed by atoms with Crippen LogP contribution >= 0.6 is 0 Å². The maximum atomic E-state index is 13.1. The lowest BCUT2D eigenvalue weighted by atomic mass is 10.1. The fourth-order valence-corrected chi connectivity index (χ4v) is 7.80. The first-order valence-corrected chi connectivity index (χ1v) is 10.9. The van der Waals surface area contributed by atoms with Gasteiger partial charge in [-0.15, -0.1) is 6.58 Å². The van der Waals surface area contributed by atoms with Crippen molar-refractivity contribution >= 4 is 19.7 Å². The highest BCUT2D eigenvalue weighted by Crippen LogP contribution is 2.33. The second-order valence-electron chi connectivity index (χ2n) is 6.05. The minimum atomic E-state index is -3.87. The molecule has 0 saturated carbocycles. The van der Waals surface area contributed by atoms with Crippen molar-refractivity contribution < 1.29 is 21.6 Å². The molecule has 1 aromatic carbocycles. The molecule has 0 bridgehead atoms. The van der Waals surface area contributed by atoms with Gasteiger partial charge in [0.15, 0.2) is 19.7 Å². The number of ether oxygens (including phenoxy) is 1. The molecule has 1 aliphatic rings. The van der Waals surface area contributed by atoms with E-state index in [1.807, 2.05) is 13.8 Å². The summed E-state index contributed by atoms with van der Waals surface area (Å²) >= 11 is 0. The lowest BCUT2D eigenvalue weighted by Gasteiger charge is -2.21. The summed E-state index contributed by atoms with van der Waals surface area (Å²) in [5.41, 5.74) is 1.72. The van der Waals surface area contributed by atoms with Gasteiger partial charge in [-0.1, -0.05) is 6.08 Å². The van der Waals surface area contributed by atoms with Crippen LogP contribution in [0.2, 0.25) is 0 Å². The molecule has 1 fully saturated rings. The molecule has 0 spiro atoms. The fraction of sp³-hybridized carbons (Fsp3) is 0.500. The molecule has 1 N–H and O–H groups in total. The molecule has 0 unspecified atom stereocenters. The Morgan fingerprint density at radius 3 is 2.50 bits per heavy atom. The lowest BCUT2D eigenvalue weighted by Crippen LogP contribution is -2.43. The third kappa shape index (κ3) is 3.65. The number of aryl methyl sites for hydroxylation is 2. The standard InChI is InChI=1S/C16H23NO5S2/c1-5-6-17-13-9-23(18,19)10-16(13)24(20,21)15-8-12(3)11(2)7-14(15)22-4/h5,7-8,13,16-17H,1,6,9-10H2,2-4H3/t13-,16+/m0/s1. The molecule has 0 amide bonds. The van der Waals surface area contributed by atoms with Gasteiger partial charge in [-0.05, 0) is 37.1 Å². The monoisotopic (exact) mass is 373 g/mol. The van der Waals surface area contributed by atoms with Crippen molar-refractivity contribution in [1.29, 1.82) is 0 Å². The van der Waals surface area contributed by atoms with E-state index >= 15 is 0 Å². The minimum Gasteiger partial charge on any atom is -0.495 e. The Hall–Kier alpha value is -1.38. The molecule has 8 heteroatoms. The van der Waals surface area contributed by atoms with E-state index in [0.717, 1.165) is 11.1 Å². The summed E-state index contributed by atoms with van der Waals surface area (Å²) in [7, 11) is -5.89. The molecule has 0 aromatic heterocycles. The molecule has 2 atom stereocenters. The second kappa shape index (κ2) is 6.85. The van der Waals surface area contributed by atoms with Crippen LogP contribution in [0.3, 0.4) is 0 Å². The van der Waals surface area contributed by atoms with Gasteiger partial charge in [0.2, 0.25) is 0 Å². The van der Waals surface area contributed by atoms with Crippen LogP contribution in [-0.2, 0) is 19.7 Å². The minimum absolute atomic E-state index is 0.0422. The number of hydrogen-bond donors (Lipinski definition) is 1. The van der Waals surface area contributed by atoms with Crippen molar-refractivity contribution in [2.75, 3.05) is 25.2 Å². The van der Waals surface area contributed by atoms with Gasteiger partial charge in [-0.3, -0.25) is 0 Å². The molecule has 24 heavy (non-hydrogen) atoms. The summed E-state index contributed by atoms with van der Waals surface area (Å²) in [6.45, 7) is 7.59. The van der Waals surface area contributed by atoms with Gasteiger partial charge in [-0.25, -0.2) is 16.8 Å². The zero-order chi connectivity index (χ0) is 18.1. The van der Waals surface area contributed by atoms with Gasteiger partial charge < -0.3 is 10.1 Å². The summed E-state index contributed by atoms with van der Waals surface area (Å²) in [6, 6.07) is 2.56. The highest BCUT2D eigenvalue weighted by atomic mass is 32.2. The molecule has 0 radical (unpaired) electrons. The largest absolute Gasteiger partial charge is 0.495 e. The number of sulfone groups is 2. The normalized spacial score (nSPS) is 23.1. The van der Waals surface area contributed by atoms with Gasteiger partial charge >= 0.3 is 0 Å². The Morgan fingerprint density at radius 1 is 1.29 bits per heavy atom. The fourth-order valence-electron chi connectivity index (χ4n) is 2.85. The van der Waals surface area contributed by atoms with Crippen LogP contribution in [0.1, 0.15) is 11.1 Å². The van der Waals surface area contributed by atoms with Crippen LogP contribution in [0.4, 0.5) is 0 Å². The maximum Gasteiger partial charge on any atom is 0.187 e. The summed E-state index contributed by atoms with van der Waals surface area (Å²) < 4.78 is 55.5. The molecular weight excluding hydrogens is 350 g/mol. The van der Waals surface area contributed by atoms with Crippen LogP contribution in [-0.4, -0.2) is 53.3 Å². The third-order valence-electron chi connectivity index (χ3n) is 4.31. The topological polar surface area (TPSA) is 89.5 Å². The van der Waals surface area contributed by atoms with Crippen molar-refractivity contribution in [3.05, 3.63) is 35.9 Å². The zero-order valence-electron chi connectivity index (χ0n) is 14.1. The summed E-state index contributed by atoms with van der Waals surface area (Å²) in [6.07, 6.45) is 1.57. The van der Waals surface area contributed by atoms with Crippen LogP contribution in [0, 0.1) is 13.8 Å². The zero-order valence-corrected chi connectivity index (χ0v) is 15.7. The summed E-state index contributed by atoms with van der Waals surface area (Å²) in [4.78, 5) is 0.0422. The van der Waals surface area contributed by atoms with Crippen molar-refractivity contribution in [1.82, 2.24) is 5.32 Å². The smallest absolute Gasteiger partial charge is 0.187 e. The second-order valence-corrected chi connectivity index (χ2v) is 10.3. The van der Waals surface area contributed by atoms with E-state index in [4.69, 9.17) is 4.74 Å². The number of methoxy groups -OCH3 is 1. The number of benzene rings is 1. The summed E-state index contributed by atoms with van der Waals surface area (Å²) in [5, 5.41) is 1.92. The number of nitrogens with one attached hydrogen (secondary N) is 1. The van der Waals surface area contributed by atoms with Crippen LogP contribution in [0.5, 0.6) is 5.75 Å². The molecule has 1 heterocycles. The first-order chi connectivity index (χ1) is 11.1. The van der Waals surface area contributed by atoms with E-state index < -0.39 is 31.0 Å². The highest BCUT2D eigenvalue weighted by Gasteiger charge is 2.46. The van der Waals surface area contributed by atoms with Crippen molar-refractivity contribution in [3.63, 3.8) is 0 Å². The van der Waals surface area contributed by atoms with Crippen LogP contribution < -0.4 is 10.1 Å². The Morgan fingerprint density at radius 2 is 1.92 bits per heavy atom. The molecule has 6 nitrogen and oxygen atoms in total. The molecule has 0 aliphatic carbocycles. The quantitative estimate of drug-likeness (QED) is 0.749. The van der Waals surface area contributed by atoms with Gasteiger partial charge in [0.25, 0.3) is 0 Å². The average molecular weight is 373 g/mol. The Labute approximate surface area is 143 Å². The van der Waals surface area contributed by atoms with E-state index in [1.165, 1.54) is 7.11 Å². The van der Waals surface area contributed by atoms with Gasteiger partial charge in [0.1, 0.15) is 10.6 Å². The lowest BCUT2D eigenvalue weighted by molar-refractivity contribution is 0.401. The van der Waals surface area contributed by atoms with E-state index in [9.17, 15) is 16.8 Å². The number of hydrogen-bond acceptors (Lipinski definition) is 6. The molecular formula is C16H23NO5S2. The number of rotatable bonds is 6. The van der Waals surface area contributed by atoms with Crippen molar-refractivity contribution in [3.8, 4) is 5.75 Å². The van der Waals surface area contributed by atoms with Crippen LogP contribution in [0.15, 0.2) is 29.7 Å². The Kier molecular flexibility index (Phi) is 5.41. The predicted molar refractivity (Wildman–Crippen MR) is 94.1 cm³/mol. The maximum absolute atomic E-state index is 13.1. The van der Waals surface area contributed by atoms with E-state index in [2.05, 4.69) is 11.9 Å². The summed E-state index contributed by atoms with van der Waals surface area (Å²) in [5.74, 6) is -0.345. The SMILES string of the molecule is C=CCN[C@H]1CS(=O)(=O)C[C@H]1S(=O)(=O)c1cc(C)c(C)cc1OC. The average Bonchev–Trinajstić information content (AvgIpc) is 2.83. The first kappa shape index (κ1) is 19.0. The van der Waals surface area contributed by atoms with Crippen molar-refractivity contribution in [2.24, 2.45) is 0 Å². The van der Waals surface area contributed by atoms with E-state index in [1.54, 1.807) is 18.2 Å². The first-order valence-electron chi connectivity index (χ1n) is 7.56. The molecule has 1 saturated heterocycles. The van der Waals surface area contributed by atoms with E-state index in [-0.39, 0.29) is 22.2 Å². The molecule has 134 valence electrons. The third-order valence-corrected chi connectivity index (χ3v) is 8.48. The van der Waals surface area contributed by atoms with Gasteiger partial charge in [-0.2, -0.15) is 0 Å². The Bertz CT molecular complexity index is 843. The van der Waals surface area contributed by atoms with Gasteiger partial charge in [0.05, 0.1) is 23.9 Å². The van der Waals surface area contributed by atoms with E-state index in [0.29, 0.717) is 6.54 Å². The van der Waals surface area contributed by atoms with Gasteiger partial charge in [0, 0.05) is 12.6 Å². The Balaban J connectivity index is 2.52. The predicted octanol–water partition coefficient (Wildman–Crippen LogP) is 1.03. The van der Waals surface area contributed by atoms with Crippen LogP contribution in [0.25, 0.3) is 0 Å².